The summed E-state index contributed by atoms with van der Waals surface area (Å²) in [7, 11) is 1.65. The Bertz CT molecular complexity index is 468. The van der Waals surface area contributed by atoms with E-state index in [-0.39, 0.29) is 17.7 Å². The predicted octanol–water partition coefficient (Wildman–Crippen LogP) is 2.45. The number of methoxy groups -OCH3 is 1. The monoisotopic (exact) mass is 262 g/mol. The molecule has 2 aliphatic rings. The van der Waals surface area contributed by atoms with Crippen LogP contribution in [0.15, 0.2) is 24.3 Å². The molecule has 4 nitrogen and oxygen atoms in total. The Kier molecular flexibility index (Phi) is 3.19. The van der Waals surface area contributed by atoms with E-state index in [0.717, 1.165) is 30.6 Å². The van der Waals surface area contributed by atoms with Gasteiger partial charge >= 0.3 is 5.97 Å². The second kappa shape index (κ2) is 4.85. The van der Waals surface area contributed by atoms with Crippen LogP contribution in [-0.2, 0) is 20.9 Å². The fraction of sp³-hybridized carbons (Fsp3) is 0.533. The van der Waals surface area contributed by atoms with E-state index in [4.69, 9.17) is 14.2 Å². The fourth-order valence-electron chi connectivity index (χ4n) is 2.99. The van der Waals surface area contributed by atoms with E-state index in [9.17, 15) is 4.79 Å². The summed E-state index contributed by atoms with van der Waals surface area (Å²) >= 11 is 0. The molecule has 2 fully saturated rings. The minimum Gasteiger partial charge on any atom is -0.497 e. The van der Waals surface area contributed by atoms with Crippen molar-refractivity contribution >= 4 is 5.97 Å². The van der Waals surface area contributed by atoms with Crippen molar-refractivity contribution in [2.45, 2.75) is 44.0 Å². The summed E-state index contributed by atoms with van der Waals surface area (Å²) in [4.78, 5) is 11.4. The molecule has 1 aliphatic heterocycles. The van der Waals surface area contributed by atoms with Gasteiger partial charge in [-0.2, -0.15) is 0 Å². The highest BCUT2D eigenvalue weighted by molar-refractivity contribution is 5.74. The van der Waals surface area contributed by atoms with Crippen LogP contribution in [0.1, 0.15) is 31.2 Å². The van der Waals surface area contributed by atoms with E-state index in [1.165, 1.54) is 0 Å². The molecule has 0 aromatic heterocycles. The van der Waals surface area contributed by atoms with Gasteiger partial charge in [-0.3, -0.25) is 4.79 Å². The lowest BCUT2D eigenvalue weighted by atomic mass is 9.98. The van der Waals surface area contributed by atoms with Gasteiger partial charge in [-0.05, 0) is 37.0 Å². The first-order chi connectivity index (χ1) is 9.22. The van der Waals surface area contributed by atoms with Crippen LogP contribution < -0.4 is 4.74 Å². The molecule has 0 amide bonds. The molecule has 102 valence electrons. The van der Waals surface area contributed by atoms with Crippen LogP contribution in [-0.4, -0.2) is 24.8 Å². The van der Waals surface area contributed by atoms with Crippen LogP contribution in [0.3, 0.4) is 0 Å². The molecule has 1 aromatic carbocycles. The van der Waals surface area contributed by atoms with Gasteiger partial charge < -0.3 is 14.2 Å². The Morgan fingerprint density at radius 3 is 2.89 bits per heavy atom. The number of carbonyl (C=O) groups is 1. The average molecular weight is 262 g/mol. The summed E-state index contributed by atoms with van der Waals surface area (Å²) in [5.41, 5.74) is 0.706. The molecule has 0 radical (unpaired) electrons. The Morgan fingerprint density at radius 2 is 2.16 bits per heavy atom. The van der Waals surface area contributed by atoms with Crippen LogP contribution in [0, 0.1) is 0 Å². The summed E-state index contributed by atoms with van der Waals surface area (Å²) < 4.78 is 16.5. The Labute approximate surface area is 112 Å². The number of hydrogen-bond donors (Lipinski definition) is 0. The van der Waals surface area contributed by atoms with Gasteiger partial charge in [0.05, 0.1) is 20.1 Å². The largest absolute Gasteiger partial charge is 0.497 e. The van der Waals surface area contributed by atoms with Crippen molar-refractivity contribution in [3.63, 3.8) is 0 Å². The Hall–Kier alpha value is -1.55. The average Bonchev–Trinajstić information content (AvgIpc) is 2.93. The highest BCUT2D eigenvalue weighted by atomic mass is 16.6. The molecule has 2 atom stereocenters. The third-order valence-electron chi connectivity index (χ3n) is 4.06. The van der Waals surface area contributed by atoms with Crippen molar-refractivity contribution < 1.29 is 19.0 Å². The number of carbonyl (C=O) groups excluding carboxylic acids is 1. The van der Waals surface area contributed by atoms with Gasteiger partial charge in [0.1, 0.15) is 17.5 Å². The topological polar surface area (TPSA) is 44.8 Å². The van der Waals surface area contributed by atoms with E-state index in [1.54, 1.807) is 7.11 Å². The first kappa shape index (κ1) is 12.5. The SMILES string of the molecule is COc1ccc(CO[C@]23CCC[C@H]2OC(=O)C3)cc1. The van der Waals surface area contributed by atoms with Crippen LogP contribution in [0.4, 0.5) is 0 Å². The van der Waals surface area contributed by atoms with Crippen molar-refractivity contribution in [2.24, 2.45) is 0 Å². The smallest absolute Gasteiger partial charge is 0.309 e. The third-order valence-corrected chi connectivity index (χ3v) is 4.06. The fourth-order valence-corrected chi connectivity index (χ4v) is 2.99. The van der Waals surface area contributed by atoms with E-state index in [1.807, 2.05) is 24.3 Å². The minimum absolute atomic E-state index is 0.0433. The lowest BCUT2D eigenvalue weighted by molar-refractivity contribution is -0.142. The van der Waals surface area contributed by atoms with Gasteiger partial charge in [-0.1, -0.05) is 12.1 Å². The number of ether oxygens (including phenoxy) is 3. The molecular weight excluding hydrogens is 244 g/mol. The van der Waals surface area contributed by atoms with Crippen molar-refractivity contribution in [2.75, 3.05) is 7.11 Å². The van der Waals surface area contributed by atoms with Crippen molar-refractivity contribution in [1.29, 1.82) is 0 Å². The molecule has 1 heterocycles. The highest BCUT2D eigenvalue weighted by Gasteiger charge is 2.53. The van der Waals surface area contributed by atoms with E-state index < -0.39 is 0 Å². The number of hydrogen-bond acceptors (Lipinski definition) is 4. The maximum Gasteiger partial charge on any atom is 0.309 e. The van der Waals surface area contributed by atoms with Crippen LogP contribution >= 0.6 is 0 Å². The van der Waals surface area contributed by atoms with E-state index in [2.05, 4.69) is 0 Å². The van der Waals surface area contributed by atoms with Crippen LogP contribution in [0.25, 0.3) is 0 Å². The van der Waals surface area contributed by atoms with Crippen molar-refractivity contribution in [3.05, 3.63) is 29.8 Å². The van der Waals surface area contributed by atoms with E-state index in [0.29, 0.717) is 13.0 Å². The number of fused-ring (bicyclic) bond motifs is 1. The summed E-state index contributed by atoms with van der Waals surface area (Å²) in [6, 6.07) is 7.80. The summed E-state index contributed by atoms with van der Waals surface area (Å²) in [6.07, 6.45) is 3.26. The first-order valence-corrected chi connectivity index (χ1v) is 6.68. The lowest BCUT2D eigenvalue weighted by Gasteiger charge is -2.26. The first-order valence-electron chi connectivity index (χ1n) is 6.68. The van der Waals surface area contributed by atoms with Gasteiger partial charge in [0.2, 0.25) is 0 Å². The molecule has 4 heteroatoms. The quantitative estimate of drug-likeness (QED) is 0.782. The zero-order valence-corrected chi connectivity index (χ0v) is 11.1. The summed E-state index contributed by atoms with van der Waals surface area (Å²) in [5.74, 6) is 0.708. The molecule has 1 saturated carbocycles. The second-order valence-corrected chi connectivity index (χ2v) is 5.25. The third kappa shape index (κ3) is 2.32. The summed E-state index contributed by atoms with van der Waals surface area (Å²) in [5, 5.41) is 0. The van der Waals surface area contributed by atoms with Gasteiger partial charge in [-0.25, -0.2) is 0 Å². The standard InChI is InChI=1S/C15H18O4/c1-17-12-6-4-11(5-7-12)10-18-15-8-2-3-13(15)19-14(16)9-15/h4-7,13H,2-3,8-10H2,1H3/t13-,15+/m1/s1. The number of benzene rings is 1. The zero-order valence-electron chi connectivity index (χ0n) is 11.1. The highest BCUT2D eigenvalue weighted by Crippen LogP contribution is 2.43. The zero-order chi connectivity index (χ0) is 13.3. The lowest BCUT2D eigenvalue weighted by Crippen LogP contribution is -2.36. The van der Waals surface area contributed by atoms with E-state index >= 15 is 0 Å². The van der Waals surface area contributed by atoms with Crippen LogP contribution in [0.5, 0.6) is 5.75 Å². The Morgan fingerprint density at radius 1 is 1.37 bits per heavy atom. The summed E-state index contributed by atoms with van der Waals surface area (Å²) in [6.45, 7) is 0.511. The van der Waals surface area contributed by atoms with Crippen molar-refractivity contribution in [3.8, 4) is 5.75 Å². The van der Waals surface area contributed by atoms with Gasteiger partial charge in [0, 0.05) is 0 Å². The predicted molar refractivity (Wildman–Crippen MR) is 68.9 cm³/mol. The maximum atomic E-state index is 11.4. The van der Waals surface area contributed by atoms with Gasteiger partial charge in [0.25, 0.3) is 0 Å². The molecule has 0 bridgehead atoms. The molecule has 0 unspecified atom stereocenters. The molecule has 1 aromatic rings. The van der Waals surface area contributed by atoms with Crippen molar-refractivity contribution in [1.82, 2.24) is 0 Å². The molecule has 1 aliphatic carbocycles. The Balaban J connectivity index is 1.66. The molecule has 0 spiro atoms. The van der Waals surface area contributed by atoms with Gasteiger partial charge in [-0.15, -0.1) is 0 Å². The second-order valence-electron chi connectivity index (χ2n) is 5.25. The molecule has 1 saturated heterocycles. The number of esters is 1. The molecule has 0 N–H and O–H groups in total. The number of rotatable bonds is 4. The maximum absolute atomic E-state index is 11.4. The normalized spacial score (nSPS) is 29.1. The van der Waals surface area contributed by atoms with Gasteiger partial charge in [0.15, 0.2) is 0 Å². The van der Waals surface area contributed by atoms with Crippen LogP contribution in [0.2, 0.25) is 0 Å². The molecular formula is C15H18O4. The molecule has 19 heavy (non-hydrogen) atoms. The minimum atomic E-state index is -0.378. The molecule has 3 rings (SSSR count).